The maximum Gasteiger partial charge on any atom is 0.290 e. The molecule has 0 amide bonds. The largest absolute Gasteiger partial charge is 0.483 e. The minimum Gasteiger partial charge on any atom is -0.483 e. The summed E-state index contributed by atoms with van der Waals surface area (Å²) in [5.74, 6) is -0.179. The molecule has 0 bridgehead atoms. The van der Waals surface area contributed by atoms with Crippen molar-refractivity contribution in [1.82, 2.24) is 9.55 Å². The topological polar surface area (TPSA) is 76.4 Å². The first-order valence-electron chi connectivity index (χ1n) is 15.4. The lowest BCUT2D eigenvalue weighted by molar-refractivity contribution is -0.122. The van der Waals surface area contributed by atoms with Crippen molar-refractivity contribution in [3.05, 3.63) is 88.0 Å². The predicted molar refractivity (Wildman–Crippen MR) is 184 cm³/mol. The molecule has 1 atom stereocenters. The Labute approximate surface area is 266 Å². The lowest BCUT2D eigenvalue weighted by Crippen LogP contribution is -2.23. The number of halogens is 1. The van der Waals surface area contributed by atoms with Crippen molar-refractivity contribution in [3.63, 3.8) is 0 Å². The van der Waals surface area contributed by atoms with Crippen LogP contribution in [0.15, 0.2) is 48.7 Å². The van der Waals surface area contributed by atoms with E-state index in [-0.39, 0.29) is 24.0 Å². The molecule has 0 aliphatic carbocycles. The Bertz CT molecular complexity index is 1820. The highest BCUT2D eigenvalue weighted by molar-refractivity contribution is 6.08. The molecule has 2 aromatic heterocycles. The molecule has 3 heterocycles. The number of carboxylic acid groups (broad SMARTS) is 1. The van der Waals surface area contributed by atoms with Gasteiger partial charge in [-0.25, -0.2) is 4.39 Å². The van der Waals surface area contributed by atoms with Crippen LogP contribution < -0.4 is 5.32 Å². The van der Waals surface area contributed by atoms with Crippen molar-refractivity contribution in [2.45, 2.75) is 87.5 Å². The van der Waals surface area contributed by atoms with Crippen LogP contribution in [0, 0.1) is 33.5 Å². The van der Waals surface area contributed by atoms with E-state index in [9.17, 15) is 0 Å². The van der Waals surface area contributed by atoms with Gasteiger partial charge in [0.05, 0.1) is 28.6 Å². The van der Waals surface area contributed by atoms with Crippen LogP contribution in [0.5, 0.6) is 0 Å². The zero-order valence-electron chi connectivity index (χ0n) is 28.3. The molecule has 7 heteroatoms. The van der Waals surface area contributed by atoms with Crippen molar-refractivity contribution in [2.24, 2.45) is 0 Å². The number of carbonyl (C=O) groups is 1. The second-order valence-corrected chi connectivity index (χ2v) is 13.0. The van der Waals surface area contributed by atoms with E-state index in [1.54, 1.807) is 6.07 Å². The molecule has 4 aromatic rings. The van der Waals surface area contributed by atoms with E-state index in [1.165, 1.54) is 0 Å². The van der Waals surface area contributed by atoms with Crippen molar-refractivity contribution in [2.75, 3.05) is 11.9 Å². The fourth-order valence-electron chi connectivity index (χ4n) is 6.54. The normalized spacial score (nSPS) is 13.6. The molecule has 5 rings (SSSR count). The molecule has 6 nitrogen and oxygen atoms in total. The van der Waals surface area contributed by atoms with Gasteiger partial charge in [0.2, 0.25) is 0 Å². The van der Waals surface area contributed by atoms with Crippen LogP contribution in [0.25, 0.3) is 38.9 Å². The molecule has 0 saturated carbocycles. The van der Waals surface area contributed by atoms with Gasteiger partial charge < -0.3 is 19.7 Å². The molecule has 0 radical (unpaired) electrons. The zero-order valence-corrected chi connectivity index (χ0v) is 28.3. The van der Waals surface area contributed by atoms with E-state index in [0.29, 0.717) is 5.56 Å². The van der Waals surface area contributed by atoms with Crippen molar-refractivity contribution in [3.8, 4) is 22.4 Å². The van der Waals surface area contributed by atoms with Gasteiger partial charge in [-0.15, -0.1) is 0 Å². The number of ether oxygens (including phenoxy) is 1. The van der Waals surface area contributed by atoms with Gasteiger partial charge in [0.15, 0.2) is 0 Å². The first-order valence-corrected chi connectivity index (χ1v) is 15.4. The summed E-state index contributed by atoms with van der Waals surface area (Å²) < 4.78 is 24.5. The van der Waals surface area contributed by atoms with Crippen molar-refractivity contribution >= 4 is 28.6 Å². The number of pyridine rings is 1. The predicted octanol–water partition coefficient (Wildman–Crippen LogP) is 9.72. The van der Waals surface area contributed by atoms with Crippen LogP contribution in [-0.2, 0) is 16.1 Å². The van der Waals surface area contributed by atoms with Crippen LogP contribution in [-0.4, -0.2) is 33.3 Å². The van der Waals surface area contributed by atoms with Crippen molar-refractivity contribution in [1.29, 1.82) is 0 Å². The van der Waals surface area contributed by atoms with E-state index >= 15 is 4.39 Å². The fraction of sp³-hybridized carbons (Fsp3) is 0.368. The standard InChI is InChI=1S/C37H44FN3O.CH2O2/c1-20(2)16-21(3)31-17-27(12-13-39-31)32-19-29-34(28-18-30(38)24(6)22(4)23(28)5)33(26(8)42-37(9,10)11)25(7)35-36(29)41(32)15-14-40-35;2-1-3/h12-13,16-19,26,40H,1,14-15H2,2-11H3;1H,(H,2,3)/b21-16+;. The van der Waals surface area contributed by atoms with Crippen LogP contribution >= 0.6 is 0 Å². The summed E-state index contributed by atoms with van der Waals surface area (Å²) in [7, 11) is 0. The molecule has 0 spiro atoms. The van der Waals surface area contributed by atoms with E-state index in [1.807, 2.05) is 27.0 Å². The van der Waals surface area contributed by atoms with Crippen LogP contribution in [0.3, 0.4) is 0 Å². The number of hydrogen-bond acceptors (Lipinski definition) is 4. The summed E-state index contributed by atoms with van der Waals surface area (Å²) in [5.41, 5.74) is 14.2. The lowest BCUT2D eigenvalue weighted by atomic mass is 9.84. The second-order valence-electron chi connectivity index (χ2n) is 13.0. The molecular formula is C38H46FN3O3. The Morgan fingerprint density at radius 3 is 2.40 bits per heavy atom. The van der Waals surface area contributed by atoms with E-state index in [0.717, 1.165) is 91.2 Å². The Morgan fingerprint density at radius 2 is 1.78 bits per heavy atom. The number of benzene rings is 2. The molecule has 1 aliphatic heterocycles. The average molecular weight is 612 g/mol. The monoisotopic (exact) mass is 611 g/mol. The minimum atomic E-state index is -0.341. The van der Waals surface area contributed by atoms with Crippen LogP contribution in [0.4, 0.5) is 10.1 Å². The first-order chi connectivity index (χ1) is 21.1. The minimum absolute atomic E-state index is 0.179. The molecule has 2 aromatic carbocycles. The SMILES string of the molecule is C=C(C)/C=C(\C)c1cc(-c2cc3c(-c4cc(F)c(C)c(C)c4C)c(C(C)OC(C)(C)C)c(C)c4c3n2CCN4)ccn1.O=CO. The number of hydrogen-bond donors (Lipinski definition) is 2. The lowest BCUT2D eigenvalue weighted by Gasteiger charge is -2.31. The Balaban J connectivity index is 0.00000148. The van der Waals surface area contributed by atoms with Gasteiger partial charge in [-0.05, 0) is 138 Å². The van der Waals surface area contributed by atoms with Gasteiger partial charge in [0, 0.05) is 35.9 Å². The molecular weight excluding hydrogens is 565 g/mol. The maximum atomic E-state index is 15.5. The maximum absolute atomic E-state index is 15.5. The summed E-state index contributed by atoms with van der Waals surface area (Å²) in [5, 5.41) is 11.7. The number of rotatable bonds is 6. The number of allylic oxidation sites excluding steroid dienone is 3. The zero-order chi connectivity index (χ0) is 33.4. The summed E-state index contributed by atoms with van der Waals surface area (Å²) in [6.07, 6.45) is 3.74. The Kier molecular flexibility index (Phi) is 9.74. The molecule has 0 fully saturated rings. The summed E-state index contributed by atoms with van der Waals surface area (Å²) in [6.45, 7) is 26.0. The Morgan fingerprint density at radius 1 is 1.11 bits per heavy atom. The third kappa shape index (κ3) is 6.59. The van der Waals surface area contributed by atoms with Gasteiger partial charge >= 0.3 is 0 Å². The molecule has 1 unspecified atom stereocenters. The van der Waals surface area contributed by atoms with Gasteiger partial charge in [-0.1, -0.05) is 18.2 Å². The summed E-state index contributed by atoms with van der Waals surface area (Å²) >= 11 is 0. The number of nitrogens with zero attached hydrogens (tertiary/aromatic N) is 2. The van der Waals surface area contributed by atoms with Crippen LogP contribution in [0.1, 0.15) is 81.2 Å². The highest BCUT2D eigenvalue weighted by atomic mass is 19.1. The third-order valence-corrected chi connectivity index (χ3v) is 8.58. The van der Waals surface area contributed by atoms with Gasteiger partial charge in [-0.3, -0.25) is 9.78 Å². The molecule has 45 heavy (non-hydrogen) atoms. The van der Waals surface area contributed by atoms with Gasteiger partial charge in [0.25, 0.3) is 6.47 Å². The number of aromatic nitrogens is 2. The highest BCUT2D eigenvalue weighted by Gasteiger charge is 2.30. The number of nitrogens with one attached hydrogen (secondary N) is 1. The average Bonchev–Trinajstić information content (AvgIpc) is 3.35. The summed E-state index contributed by atoms with van der Waals surface area (Å²) in [4.78, 5) is 13.0. The molecule has 2 N–H and O–H groups in total. The molecule has 238 valence electrons. The van der Waals surface area contributed by atoms with Gasteiger partial charge in [-0.2, -0.15) is 0 Å². The fourth-order valence-corrected chi connectivity index (χ4v) is 6.54. The Hall–Kier alpha value is -4.23. The van der Waals surface area contributed by atoms with E-state index < -0.39 is 0 Å². The van der Waals surface area contributed by atoms with Crippen LogP contribution in [0.2, 0.25) is 0 Å². The quantitative estimate of drug-likeness (QED) is 0.168. The third-order valence-electron chi connectivity index (χ3n) is 8.58. The van der Waals surface area contributed by atoms with E-state index in [2.05, 4.69) is 94.2 Å². The molecule has 0 saturated heterocycles. The van der Waals surface area contributed by atoms with E-state index in [4.69, 9.17) is 14.6 Å². The van der Waals surface area contributed by atoms with Gasteiger partial charge in [0.1, 0.15) is 5.82 Å². The summed E-state index contributed by atoms with van der Waals surface area (Å²) in [6, 6.07) is 8.26. The smallest absolute Gasteiger partial charge is 0.290 e. The van der Waals surface area contributed by atoms with Crippen molar-refractivity contribution < 1.29 is 19.0 Å². The number of anilines is 1. The highest BCUT2D eigenvalue weighted by Crippen LogP contribution is 2.49. The second kappa shape index (κ2) is 13.0. The first kappa shape index (κ1) is 33.7. The molecule has 1 aliphatic rings.